The number of ether oxygens (including phenoxy) is 1. The van der Waals surface area contributed by atoms with Crippen molar-refractivity contribution in [3.8, 4) is 5.75 Å². The molecule has 1 saturated heterocycles. The summed E-state index contributed by atoms with van der Waals surface area (Å²) in [6.07, 6.45) is 1.25. The van der Waals surface area contributed by atoms with Crippen molar-refractivity contribution in [1.29, 1.82) is 0 Å². The van der Waals surface area contributed by atoms with E-state index in [1.165, 1.54) is 10.6 Å². The van der Waals surface area contributed by atoms with Crippen LogP contribution in [-0.2, 0) is 11.2 Å². The third kappa shape index (κ3) is 3.45. The average Bonchev–Trinajstić information content (AvgIpc) is 3.29. The molecule has 4 rings (SSSR count). The Kier molecular flexibility index (Phi) is 4.43. The summed E-state index contributed by atoms with van der Waals surface area (Å²) in [6, 6.07) is 11.0. The van der Waals surface area contributed by atoms with Crippen LogP contribution in [0.25, 0.3) is 5.65 Å². The maximum Gasteiger partial charge on any atom is 0.272 e. The molecule has 0 spiro atoms. The molecule has 1 amide bonds. The van der Waals surface area contributed by atoms with Gasteiger partial charge in [0.15, 0.2) is 5.65 Å². The molecule has 0 aliphatic carbocycles. The van der Waals surface area contributed by atoms with Gasteiger partial charge in [-0.1, -0.05) is 12.1 Å². The summed E-state index contributed by atoms with van der Waals surface area (Å²) in [7, 11) is 1.62. The zero-order valence-corrected chi connectivity index (χ0v) is 15.4. The Labute approximate surface area is 156 Å². The summed E-state index contributed by atoms with van der Waals surface area (Å²) in [5.41, 5.74) is 3.13. The van der Waals surface area contributed by atoms with Gasteiger partial charge in [-0.2, -0.15) is 0 Å². The zero-order chi connectivity index (χ0) is 19.0. The molecule has 7 nitrogen and oxygen atoms in total. The van der Waals surface area contributed by atoms with Crippen LogP contribution >= 0.6 is 0 Å². The number of nitrogens with one attached hydrogen (secondary N) is 1. The van der Waals surface area contributed by atoms with E-state index in [2.05, 4.69) is 10.1 Å². The van der Waals surface area contributed by atoms with Crippen molar-refractivity contribution in [3.63, 3.8) is 0 Å². The molecule has 1 fully saturated rings. The van der Waals surface area contributed by atoms with Gasteiger partial charge >= 0.3 is 0 Å². The number of fused-ring (bicyclic) bond motifs is 1. The number of hydrogen-bond donors (Lipinski definition) is 1. The van der Waals surface area contributed by atoms with E-state index in [0.717, 1.165) is 30.0 Å². The second kappa shape index (κ2) is 6.90. The largest absolute Gasteiger partial charge is 0.497 e. The van der Waals surface area contributed by atoms with E-state index in [9.17, 15) is 9.59 Å². The third-order valence-electron chi connectivity index (χ3n) is 5.09. The van der Waals surface area contributed by atoms with Crippen LogP contribution in [-0.4, -0.2) is 45.6 Å². The predicted octanol–water partition coefficient (Wildman–Crippen LogP) is 1.90. The lowest BCUT2D eigenvalue weighted by molar-refractivity contribution is -0.129. The number of rotatable bonds is 4. The molecule has 7 heteroatoms. The molecule has 140 valence electrons. The maximum absolute atomic E-state index is 12.6. The van der Waals surface area contributed by atoms with Crippen LogP contribution in [0.1, 0.15) is 29.3 Å². The van der Waals surface area contributed by atoms with Crippen molar-refractivity contribution in [3.05, 3.63) is 63.7 Å². The summed E-state index contributed by atoms with van der Waals surface area (Å²) < 4.78 is 6.61. The van der Waals surface area contributed by atoms with Crippen molar-refractivity contribution in [1.82, 2.24) is 19.5 Å². The van der Waals surface area contributed by atoms with Crippen molar-refractivity contribution in [2.45, 2.75) is 25.7 Å². The van der Waals surface area contributed by atoms with Gasteiger partial charge in [0.2, 0.25) is 5.91 Å². The second-order valence-electron chi connectivity index (χ2n) is 6.99. The number of H-pyrrole nitrogens is 1. The molecule has 1 N–H and O–H groups in total. The molecule has 0 saturated carbocycles. The van der Waals surface area contributed by atoms with Gasteiger partial charge in [-0.3, -0.25) is 14.7 Å². The van der Waals surface area contributed by atoms with E-state index in [1.807, 2.05) is 42.2 Å². The van der Waals surface area contributed by atoms with Crippen LogP contribution in [0.15, 0.2) is 41.2 Å². The number of carbonyl (C=O) groups is 1. The lowest BCUT2D eigenvalue weighted by atomic mass is 10.1. The number of nitrogens with zero attached hydrogens (tertiary/aromatic N) is 3. The first kappa shape index (κ1) is 17.3. The number of aromatic amines is 1. The van der Waals surface area contributed by atoms with E-state index >= 15 is 0 Å². The summed E-state index contributed by atoms with van der Waals surface area (Å²) in [6.45, 7) is 3.18. The predicted molar refractivity (Wildman–Crippen MR) is 101 cm³/mol. The minimum Gasteiger partial charge on any atom is -0.497 e. The molecular weight excluding hydrogens is 344 g/mol. The lowest BCUT2D eigenvalue weighted by Gasteiger charge is -2.16. The third-order valence-corrected chi connectivity index (χ3v) is 5.09. The van der Waals surface area contributed by atoms with E-state index in [4.69, 9.17) is 4.74 Å². The first-order valence-electron chi connectivity index (χ1n) is 9.03. The molecule has 1 aromatic carbocycles. The second-order valence-corrected chi connectivity index (χ2v) is 6.99. The van der Waals surface area contributed by atoms with Gasteiger partial charge in [0, 0.05) is 42.5 Å². The Balaban J connectivity index is 1.45. The highest BCUT2D eigenvalue weighted by atomic mass is 16.5. The van der Waals surface area contributed by atoms with E-state index < -0.39 is 0 Å². The molecule has 3 heterocycles. The van der Waals surface area contributed by atoms with Crippen LogP contribution in [0.4, 0.5) is 0 Å². The number of aromatic nitrogens is 3. The highest BCUT2D eigenvalue weighted by Gasteiger charge is 2.28. The minimum absolute atomic E-state index is 0.116. The van der Waals surface area contributed by atoms with Crippen LogP contribution in [0.3, 0.4) is 0 Å². The fourth-order valence-electron chi connectivity index (χ4n) is 3.61. The van der Waals surface area contributed by atoms with Crippen LogP contribution in [0, 0.1) is 6.92 Å². The minimum atomic E-state index is -0.116. The van der Waals surface area contributed by atoms with E-state index in [-0.39, 0.29) is 17.4 Å². The van der Waals surface area contributed by atoms with Crippen molar-refractivity contribution < 1.29 is 9.53 Å². The van der Waals surface area contributed by atoms with Crippen LogP contribution in [0.2, 0.25) is 0 Å². The van der Waals surface area contributed by atoms with Crippen molar-refractivity contribution in [2.24, 2.45) is 0 Å². The molecule has 27 heavy (non-hydrogen) atoms. The molecule has 1 aliphatic rings. The number of likely N-dealkylation sites (tertiary alicyclic amines) is 1. The highest BCUT2D eigenvalue weighted by molar-refractivity contribution is 5.79. The zero-order valence-electron chi connectivity index (χ0n) is 15.4. The first-order chi connectivity index (χ1) is 13.0. The molecule has 1 aliphatic heterocycles. The lowest BCUT2D eigenvalue weighted by Crippen LogP contribution is -2.29. The van der Waals surface area contributed by atoms with Gasteiger partial charge in [0.05, 0.1) is 13.5 Å². The van der Waals surface area contributed by atoms with Crippen molar-refractivity contribution in [2.75, 3.05) is 20.2 Å². The molecule has 0 bridgehead atoms. The Bertz CT molecular complexity index is 1040. The summed E-state index contributed by atoms with van der Waals surface area (Å²) >= 11 is 0. The van der Waals surface area contributed by atoms with Gasteiger partial charge in [-0.15, -0.1) is 0 Å². The number of aryl methyl sites for hydroxylation is 1. The maximum atomic E-state index is 12.6. The van der Waals surface area contributed by atoms with Gasteiger partial charge in [-0.05, 0) is 31.0 Å². The topological polar surface area (TPSA) is 79.7 Å². The smallest absolute Gasteiger partial charge is 0.272 e. The van der Waals surface area contributed by atoms with Gasteiger partial charge in [0.25, 0.3) is 5.56 Å². The standard InChI is InChI=1S/C20H22N4O3/c1-13-9-20(26)24-18(21-13)11-17(22-24)15-7-8-23(12-15)19(25)10-14-3-5-16(27-2)6-4-14/h3-6,9,11,15,22H,7-8,10,12H2,1-2H3. The number of methoxy groups -OCH3 is 1. The highest BCUT2D eigenvalue weighted by Crippen LogP contribution is 2.27. The Morgan fingerprint density at radius 2 is 2.07 bits per heavy atom. The Morgan fingerprint density at radius 3 is 2.81 bits per heavy atom. The van der Waals surface area contributed by atoms with Crippen LogP contribution in [0.5, 0.6) is 5.75 Å². The number of carbonyl (C=O) groups excluding carboxylic acids is 1. The summed E-state index contributed by atoms with van der Waals surface area (Å²) in [5.74, 6) is 1.08. The molecule has 2 aromatic heterocycles. The van der Waals surface area contributed by atoms with Crippen LogP contribution < -0.4 is 10.3 Å². The quantitative estimate of drug-likeness (QED) is 0.765. The number of benzene rings is 1. The first-order valence-corrected chi connectivity index (χ1v) is 9.03. The van der Waals surface area contributed by atoms with E-state index in [1.54, 1.807) is 7.11 Å². The number of hydrogen-bond acceptors (Lipinski definition) is 4. The summed E-state index contributed by atoms with van der Waals surface area (Å²) in [4.78, 5) is 31.0. The van der Waals surface area contributed by atoms with E-state index in [0.29, 0.717) is 24.3 Å². The average molecular weight is 366 g/mol. The molecule has 1 atom stereocenters. The molecule has 1 unspecified atom stereocenters. The fraction of sp³-hybridized carbons (Fsp3) is 0.350. The van der Waals surface area contributed by atoms with Gasteiger partial charge in [0.1, 0.15) is 5.75 Å². The fourth-order valence-corrected chi connectivity index (χ4v) is 3.61. The monoisotopic (exact) mass is 366 g/mol. The SMILES string of the molecule is COc1ccc(CC(=O)N2CCC(c3cc4nc(C)cc(=O)n4[nH]3)C2)cc1. The molecular formula is C20H22N4O3. The summed E-state index contributed by atoms with van der Waals surface area (Å²) in [5, 5.41) is 3.14. The molecule has 3 aromatic rings. The van der Waals surface area contributed by atoms with Crippen molar-refractivity contribution >= 4 is 11.6 Å². The van der Waals surface area contributed by atoms with Gasteiger partial charge in [-0.25, -0.2) is 9.50 Å². The Hall–Kier alpha value is -3.09. The number of amides is 1. The van der Waals surface area contributed by atoms with Gasteiger partial charge < -0.3 is 9.64 Å². The molecule has 0 radical (unpaired) electrons. The normalized spacial score (nSPS) is 16.8. The Morgan fingerprint density at radius 1 is 1.30 bits per heavy atom.